The molecule has 0 bridgehead atoms. The van der Waals surface area contributed by atoms with Gasteiger partial charge in [0.05, 0.1) is 6.54 Å². The lowest BCUT2D eigenvalue weighted by molar-refractivity contribution is -0.134. The van der Waals surface area contributed by atoms with Crippen molar-refractivity contribution in [1.82, 2.24) is 4.90 Å². The average Bonchev–Trinajstić information content (AvgIpc) is 1.98. The molecule has 3 nitrogen and oxygen atoms in total. The fraction of sp³-hybridized carbons (Fsp3) is 0.857. The van der Waals surface area contributed by atoms with Crippen LogP contribution in [-0.4, -0.2) is 41.8 Å². The SMILES string of the molecule is CCN(CC(C)F)C(=O)CO. The molecule has 0 spiro atoms. The summed E-state index contributed by atoms with van der Waals surface area (Å²) in [6.45, 7) is 3.09. The minimum Gasteiger partial charge on any atom is -0.387 e. The maximum absolute atomic E-state index is 12.4. The number of carbonyl (C=O) groups excluding carboxylic acids is 1. The smallest absolute Gasteiger partial charge is 0.248 e. The molecular formula is C7H14FNO2. The van der Waals surface area contributed by atoms with E-state index in [1.165, 1.54) is 11.8 Å². The van der Waals surface area contributed by atoms with E-state index in [9.17, 15) is 9.18 Å². The zero-order valence-electron chi connectivity index (χ0n) is 6.88. The Morgan fingerprint density at radius 2 is 2.27 bits per heavy atom. The van der Waals surface area contributed by atoms with Crippen molar-refractivity contribution in [2.75, 3.05) is 19.7 Å². The number of nitrogens with zero attached hydrogens (tertiary/aromatic N) is 1. The normalized spacial score (nSPS) is 12.7. The van der Waals surface area contributed by atoms with Crippen molar-refractivity contribution in [1.29, 1.82) is 0 Å². The molecule has 1 amide bonds. The van der Waals surface area contributed by atoms with E-state index in [0.717, 1.165) is 0 Å². The van der Waals surface area contributed by atoms with Gasteiger partial charge in [0, 0.05) is 6.54 Å². The molecule has 4 heteroatoms. The third-order valence-electron chi connectivity index (χ3n) is 1.34. The summed E-state index contributed by atoms with van der Waals surface area (Å²) in [5.41, 5.74) is 0. The molecule has 0 saturated carbocycles. The van der Waals surface area contributed by atoms with E-state index in [2.05, 4.69) is 0 Å². The highest BCUT2D eigenvalue weighted by molar-refractivity contribution is 5.77. The largest absolute Gasteiger partial charge is 0.387 e. The van der Waals surface area contributed by atoms with Crippen molar-refractivity contribution in [2.24, 2.45) is 0 Å². The van der Waals surface area contributed by atoms with Crippen molar-refractivity contribution >= 4 is 5.91 Å². The third-order valence-corrected chi connectivity index (χ3v) is 1.34. The second-order valence-electron chi connectivity index (χ2n) is 2.37. The molecule has 0 aliphatic heterocycles. The van der Waals surface area contributed by atoms with Gasteiger partial charge in [0.25, 0.3) is 0 Å². The van der Waals surface area contributed by atoms with E-state index in [0.29, 0.717) is 6.54 Å². The van der Waals surface area contributed by atoms with Crippen LogP contribution < -0.4 is 0 Å². The van der Waals surface area contributed by atoms with Gasteiger partial charge in [-0.15, -0.1) is 0 Å². The summed E-state index contributed by atoms with van der Waals surface area (Å²) < 4.78 is 12.4. The lowest BCUT2D eigenvalue weighted by atomic mass is 10.3. The molecule has 0 radical (unpaired) electrons. The predicted molar refractivity (Wildman–Crippen MR) is 39.9 cm³/mol. The van der Waals surface area contributed by atoms with Crippen molar-refractivity contribution < 1.29 is 14.3 Å². The van der Waals surface area contributed by atoms with Gasteiger partial charge < -0.3 is 10.0 Å². The highest BCUT2D eigenvalue weighted by Gasteiger charge is 2.12. The van der Waals surface area contributed by atoms with Gasteiger partial charge in [0.15, 0.2) is 0 Å². The van der Waals surface area contributed by atoms with Crippen LogP contribution in [0.5, 0.6) is 0 Å². The van der Waals surface area contributed by atoms with Gasteiger partial charge >= 0.3 is 0 Å². The Morgan fingerprint density at radius 1 is 1.73 bits per heavy atom. The van der Waals surface area contributed by atoms with Gasteiger partial charge in [0.1, 0.15) is 12.8 Å². The Hall–Kier alpha value is -0.640. The van der Waals surface area contributed by atoms with Crippen LogP contribution in [0.4, 0.5) is 4.39 Å². The van der Waals surface area contributed by atoms with Gasteiger partial charge in [-0.05, 0) is 13.8 Å². The summed E-state index contributed by atoms with van der Waals surface area (Å²) in [7, 11) is 0. The number of likely N-dealkylation sites (N-methyl/N-ethyl adjacent to an activating group) is 1. The fourth-order valence-electron chi connectivity index (χ4n) is 0.811. The monoisotopic (exact) mass is 163 g/mol. The van der Waals surface area contributed by atoms with Crippen molar-refractivity contribution in [3.8, 4) is 0 Å². The lowest BCUT2D eigenvalue weighted by Gasteiger charge is -2.19. The Labute approximate surface area is 65.8 Å². The Balaban J connectivity index is 3.84. The number of alkyl halides is 1. The van der Waals surface area contributed by atoms with E-state index in [-0.39, 0.29) is 6.54 Å². The first-order chi connectivity index (χ1) is 5.11. The van der Waals surface area contributed by atoms with E-state index in [1.54, 1.807) is 6.92 Å². The molecule has 0 rings (SSSR count). The standard InChI is InChI=1S/C7H14FNO2/c1-3-9(4-6(2)8)7(11)5-10/h6,10H,3-5H2,1-2H3. The van der Waals surface area contributed by atoms with Crippen LogP contribution in [0, 0.1) is 0 Å². The zero-order valence-corrected chi connectivity index (χ0v) is 6.88. The molecule has 0 saturated heterocycles. The first-order valence-electron chi connectivity index (χ1n) is 3.64. The summed E-state index contributed by atoms with van der Waals surface area (Å²) in [6.07, 6.45) is -1.04. The van der Waals surface area contributed by atoms with Crippen molar-refractivity contribution in [2.45, 2.75) is 20.0 Å². The molecule has 1 atom stereocenters. The molecule has 0 fully saturated rings. The Kier molecular flexibility index (Phi) is 4.77. The number of hydrogen-bond acceptors (Lipinski definition) is 2. The summed E-state index contributed by atoms with van der Waals surface area (Å²) in [5.74, 6) is -0.419. The van der Waals surface area contributed by atoms with Crippen LogP contribution in [0.25, 0.3) is 0 Å². The highest BCUT2D eigenvalue weighted by atomic mass is 19.1. The van der Waals surface area contributed by atoms with Crippen LogP contribution in [0.15, 0.2) is 0 Å². The van der Waals surface area contributed by atoms with E-state index >= 15 is 0 Å². The van der Waals surface area contributed by atoms with E-state index < -0.39 is 18.7 Å². The van der Waals surface area contributed by atoms with Crippen molar-refractivity contribution in [3.63, 3.8) is 0 Å². The number of aliphatic hydroxyl groups excluding tert-OH is 1. The minimum atomic E-state index is -1.04. The maximum atomic E-state index is 12.4. The second kappa shape index (κ2) is 5.07. The summed E-state index contributed by atoms with van der Waals surface area (Å²) >= 11 is 0. The number of rotatable bonds is 4. The summed E-state index contributed by atoms with van der Waals surface area (Å²) in [6, 6.07) is 0. The third kappa shape index (κ3) is 3.93. The zero-order chi connectivity index (χ0) is 8.85. The Morgan fingerprint density at radius 3 is 2.55 bits per heavy atom. The maximum Gasteiger partial charge on any atom is 0.248 e. The van der Waals surface area contributed by atoms with Crippen LogP contribution in [-0.2, 0) is 4.79 Å². The summed E-state index contributed by atoms with van der Waals surface area (Å²) in [5, 5.41) is 8.44. The number of halogens is 1. The lowest BCUT2D eigenvalue weighted by Crippen LogP contribution is -2.36. The molecule has 0 heterocycles. The van der Waals surface area contributed by atoms with Crippen LogP contribution >= 0.6 is 0 Å². The predicted octanol–water partition coefficient (Wildman–Crippen LogP) is 0.185. The first-order valence-corrected chi connectivity index (χ1v) is 3.64. The fourth-order valence-corrected chi connectivity index (χ4v) is 0.811. The van der Waals surface area contributed by atoms with E-state index in [4.69, 9.17) is 5.11 Å². The van der Waals surface area contributed by atoms with Gasteiger partial charge in [-0.1, -0.05) is 0 Å². The van der Waals surface area contributed by atoms with Crippen LogP contribution in [0.1, 0.15) is 13.8 Å². The van der Waals surface area contributed by atoms with Gasteiger partial charge in [-0.25, -0.2) is 4.39 Å². The van der Waals surface area contributed by atoms with Gasteiger partial charge in [0.2, 0.25) is 5.91 Å². The Bertz CT molecular complexity index is 128. The first kappa shape index (κ1) is 10.4. The quantitative estimate of drug-likeness (QED) is 0.642. The number of amides is 1. The average molecular weight is 163 g/mol. The second-order valence-corrected chi connectivity index (χ2v) is 2.37. The molecule has 1 N–H and O–H groups in total. The number of hydrogen-bond donors (Lipinski definition) is 1. The number of aliphatic hydroxyl groups is 1. The van der Waals surface area contributed by atoms with Gasteiger partial charge in [-0.3, -0.25) is 4.79 Å². The van der Waals surface area contributed by atoms with Crippen molar-refractivity contribution in [3.05, 3.63) is 0 Å². The highest BCUT2D eigenvalue weighted by Crippen LogP contribution is 1.95. The van der Waals surface area contributed by atoms with Crippen LogP contribution in [0.3, 0.4) is 0 Å². The van der Waals surface area contributed by atoms with E-state index in [1.807, 2.05) is 0 Å². The molecule has 0 aromatic carbocycles. The molecule has 0 aromatic rings. The number of carbonyl (C=O) groups is 1. The molecule has 1 unspecified atom stereocenters. The summed E-state index contributed by atoms with van der Waals surface area (Å²) in [4.78, 5) is 12.1. The van der Waals surface area contributed by atoms with Gasteiger partial charge in [-0.2, -0.15) is 0 Å². The molecule has 0 aliphatic rings. The molecule has 11 heavy (non-hydrogen) atoms. The molecule has 0 aliphatic carbocycles. The molecule has 0 aromatic heterocycles. The minimum absolute atomic E-state index is 0.0654. The molecule has 66 valence electrons. The molecular weight excluding hydrogens is 149 g/mol. The van der Waals surface area contributed by atoms with Crippen LogP contribution in [0.2, 0.25) is 0 Å². The topological polar surface area (TPSA) is 40.5 Å².